The predicted molar refractivity (Wildman–Crippen MR) is 110 cm³/mol. The van der Waals surface area contributed by atoms with E-state index in [4.69, 9.17) is 0 Å². The van der Waals surface area contributed by atoms with E-state index in [0.29, 0.717) is 43.3 Å². The summed E-state index contributed by atoms with van der Waals surface area (Å²) in [5.41, 5.74) is 0.0367. The van der Waals surface area contributed by atoms with Gasteiger partial charge >= 0.3 is 5.97 Å². The van der Waals surface area contributed by atoms with Gasteiger partial charge in [-0.05, 0) is 31.0 Å². The van der Waals surface area contributed by atoms with Gasteiger partial charge in [0.2, 0.25) is 11.4 Å². The first-order valence-corrected chi connectivity index (χ1v) is 9.91. The quantitative estimate of drug-likeness (QED) is 0.707. The van der Waals surface area contributed by atoms with Crippen LogP contribution in [0.1, 0.15) is 29.2 Å². The van der Waals surface area contributed by atoms with Gasteiger partial charge in [-0.1, -0.05) is 0 Å². The number of halogens is 1. The van der Waals surface area contributed by atoms with Gasteiger partial charge in [0.25, 0.3) is 0 Å². The first-order valence-electron chi connectivity index (χ1n) is 9.91. The topological polar surface area (TPSA) is 91.6 Å². The lowest BCUT2D eigenvalue weighted by atomic mass is 10.1. The Hall–Kier alpha value is -3.49. The molecule has 0 spiro atoms. The van der Waals surface area contributed by atoms with Crippen LogP contribution < -0.4 is 15.2 Å². The molecule has 0 bridgehead atoms. The summed E-state index contributed by atoms with van der Waals surface area (Å²) in [6.45, 7) is 2.47. The lowest BCUT2D eigenvalue weighted by Crippen LogP contribution is -2.47. The fourth-order valence-corrected chi connectivity index (χ4v) is 4.01. The number of pyridine rings is 1. The molecule has 30 heavy (non-hydrogen) atoms. The Labute approximate surface area is 171 Å². The van der Waals surface area contributed by atoms with Gasteiger partial charge in [-0.25, -0.2) is 19.2 Å². The molecule has 3 aromatic rings. The number of nitrogens with zero attached hydrogens (tertiary/aromatic N) is 5. The number of carboxylic acids is 1. The molecule has 1 saturated carbocycles. The highest BCUT2D eigenvalue weighted by atomic mass is 19.1. The lowest BCUT2D eigenvalue weighted by Gasteiger charge is -2.36. The van der Waals surface area contributed by atoms with E-state index in [-0.39, 0.29) is 17.0 Å². The molecule has 2 aromatic heterocycles. The van der Waals surface area contributed by atoms with Crippen LogP contribution >= 0.6 is 0 Å². The Morgan fingerprint density at radius 1 is 1.07 bits per heavy atom. The van der Waals surface area contributed by atoms with E-state index >= 15 is 4.39 Å². The summed E-state index contributed by atoms with van der Waals surface area (Å²) in [5.74, 6) is -1.16. The van der Waals surface area contributed by atoms with Crippen molar-refractivity contribution in [2.24, 2.45) is 0 Å². The van der Waals surface area contributed by atoms with E-state index in [0.717, 1.165) is 12.8 Å². The van der Waals surface area contributed by atoms with Crippen molar-refractivity contribution in [3.05, 3.63) is 58.4 Å². The summed E-state index contributed by atoms with van der Waals surface area (Å²) < 4.78 is 16.8. The maximum Gasteiger partial charge on any atom is 0.341 e. The van der Waals surface area contributed by atoms with Crippen molar-refractivity contribution in [2.45, 2.75) is 18.9 Å². The number of rotatable bonds is 4. The fourth-order valence-electron chi connectivity index (χ4n) is 4.01. The summed E-state index contributed by atoms with van der Waals surface area (Å²) in [6.07, 6.45) is 6.62. The Bertz CT molecular complexity index is 1180. The van der Waals surface area contributed by atoms with Crippen LogP contribution in [0.15, 0.2) is 41.6 Å². The number of carbonyl (C=O) groups is 1. The van der Waals surface area contributed by atoms with Crippen LogP contribution in [0.2, 0.25) is 0 Å². The van der Waals surface area contributed by atoms with Crippen molar-refractivity contribution in [3.8, 4) is 0 Å². The Kier molecular flexibility index (Phi) is 4.38. The molecule has 1 saturated heterocycles. The number of carboxylic acid groups (broad SMARTS) is 1. The van der Waals surface area contributed by atoms with Gasteiger partial charge < -0.3 is 19.5 Å². The number of hydrogen-bond acceptors (Lipinski definition) is 6. The number of benzene rings is 1. The van der Waals surface area contributed by atoms with Gasteiger partial charge in [0.15, 0.2) is 0 Å². The molecule has 8 nitrogen and oxygen atoms in total. The molecule has 2 fully saturated rings. The average Bonchev–Trinajstić information content (AvgIpc) is 3.60. The number of fused-ring (bicyclic) bond motifs is 1. The van der Waals surface area contributed by atoms with Crippen LogP contribution in [0.5, 0.6) is 0 Å². The minimum atomic E-state index is -1.29. The first-order chi connectivity index (χ1) is 14.5. The summed E-state index contributed by atoms with van der Waals surface area (Å²) in [6, 6.07) is 4.78. The third kappa shape index (κ3) is 3.16. The van der Waals surface area contributed by atoms with E-state index < -0.39 is 17.2 Å². The van der Waals surface area contributed by atoms with Crippen molar-refractivity contribution in [2.75, 3.05) is 36.0 Å². The maximum atomic E-state index is 15.0. The second kappa shape index (κ2) is 7.08. The van der Waals surface area contributed by atoms with Crippen molar-refractivity contribution < 1.29 is 14.3 Å². The fraction of sp³-hybridized carbons (Fsp3) is 0.333. The molecule has 2 aliphatic rings. The van der Waals surface area contributed by atoms with Crippen molar-refractivity contribution in [3.63, 3.8) is 0 Å². The minimum Gasteiger partial charge on any atom is -0.477 e. The molecule has 3 heterocycles. The SMILES string of the molecule is O=C(O)c1cn(C2CC2)c2cc(N3CCN(c4ncccn4)CC3)c(F)cc2c1=O. The molecule has 154 valence electrons. The monoisotopic (exact) mass is 409 g/mol. The van der Waals surface area contributed by atoms with Gasteiger partial charge in [0, 0.05) is 56.2 Å². The first kappa shape index (κ1) is 18.5. The largest absolute Gasteiger partial charge is 0.477 e. The molecule has 0 unspecified atom stereocenters. The van der Waals surface area contributed by atoms with E-state index in [1.54, 1.807) is 24.5 Å². The van der Waals surface area contributed by atoms with Crippen molar-refractivity contribution >= 4 is 28.5 Å². The van der Waals surface area contributed by atoms with Crippen LogP contribution in [-0.4, -0.2) is 51.8 Å². The van der Waals surface area contributed by atoms with Gasteiger partial charge in [0.1, 0.15) is 11.4 Å². The van der Waals surface area contributed by atoms with E-state index in [1.165, 1.54) is 12.3 Å². The van der Waals surface area contributed by atoms with Crippen LogP contribution in [0.3, 0.4) is 0 Å². The zero-order valence-electron chi connectivity index (χ0n) is 16.2. The highest BCUT2D eigenvalue weighted by molar-refractivity contribution is 5.93. The lowest BCUT2D eigenvalue weighted by molar-refractivity contribution is 0.0695. The zero-order valence-corrected chi connectivity index (χ0v) is 16.2. The molecular weight excluding hydrogens is 389 g/mol. The number of aromatic carboxylic acids is 1. The predicted octanol–water partition coefficient (Wildman–Crippen LogP) is 2.29. The summed E-state index contributed by atoms with van der Waals surface area (Å²) >= 11 is 0. The molecule has 0 atom stereocenters. The molecule has 0 amide bonds. The molecule has 1 aromatic carbocycles. The second-order valence-corrected chi connectivity index (χ2v) is 7.66. The number of aromatic nitrogens is 3. The Morgan fingerprint density at radius 3 is 2.37 bits per heavy atom. The van der Waals surface area contributed by atoms with Crippen LogP contribution in [-0.2, 0) is 0 Å². The number of hydrogen-bond donors (Lipinski definition) is 1. The summed E-state index contributed by atoms with van der Waals surface area (Å²) in [7, 11) is 0. The van der Waals surface area contributed by atoms with Gasteiger partial charge in [-0.15, -0.1) is 0 Å². The molecule has 5 rings (SSSR count). The highest BCUT2D eigenvalue weighted by Gasteiger charge is 2.28. The molecule has 0 radical (unpaired) electrons. The van der Waals surface area contributed by atoms with E-state index in [1.807, 2.05) is 9.47 Å². The van der Waals surface area contributed by atoms with Gasteiger partial charge in [-0.3, -0.25) is 4.79 Å². The normalized spacial score (nSPS) is 16.8. The summed E-state index contributed by atoms with van der Waals surface area (Å²) in [4.78, 5) is 36.6. The second-order valence-electron chi connectivity index (χ2n) is 7.66. The molecule has 1 N–H and O–H groups in total. The van der Waals surface area contributed by atoms with Gasteiger partial charge in [0.05, 0.1) is 11.2 Å². The Morgan fingerprint density at radius 2 is 1.73 bits per heavy atom. The van der Waals surface area contributed by atoms with E-state index in [2.05, 4.69) is 14.9 Å². The number of piperazine rings is 1. The third-order valence-electron chi connectivity index (χ3n) is 5.73. The molecular formula is C21H20FN5O3. The van der Waals surface area contributed by atoms with Crippen molar-refractivity contribution in [1.82, 2.24) is 14.5 Å². The Balaban J connectivity index is 1.51. The highest BCUT2D eigenvalue weighted by Crippen LogP contribution is 2.38. The van der Waals surface area contributed by atoms with E-state index in [9.17, 15) is 14.7 Å². The summed E-state index contributed by atoms with van der Waals surface area (Å²) in [5, 5.41) is 9.48. The zero-order chi connectivity index (χ0) is 20.8. The maximum absolute atomic E-state index is 15.0. The van der Waals surface area contributed by atoms with Gasteiger partial charge in [-0.2, -0.15) is 0 Å². The smallest absolute Gasteiger partial charge is 0.341 e. The number of anilines is 2. The van der Waals surface area contributed by atoms with Crippen LogP contribution in [0.4, 0.5) is 16.0 Å². The third-order valence-corrected chi connectivity index (χ3v) is 5.73. The minimum absolute atomic E-state index is 0.111. The average molecular weight is 409 g/mol. The van der Waals surface area contributed by atoms with Crippen LogP contribution in [0.25, 0.3) is 10.9 Å². The van der Waals surface area contributed by atoms with Crippen molar-refractivity contribution in [1.29, 1.82) is 0 Å². The molecule has 1 aliphatic carbocycles. The van der Waals surface area contributed by atoms with Crippen LogP contribution in [0, 0.1) is 5.82 Å². The molecule has 9 heteroatoms. The standard InChI is InChI=1S/C21H20FN5O3/c22-16-10-14-17(27(13-2-3-13)12-15(19(14)28)20(29)30)11-18(16)25-6-8-26(9-7-25)21-23-4-1-5-24-21/h1,4-5,10-13H,2-3,6-9H2,(H,29,30). The molecule has 1 aliphatic heterocycles.